The van der Waals surface area contributed by atoms with Gasteiger partial charge in [-0.05, 0) is 65.8 Å². The van der Waals surface area contributed by atoms with Crippen molar-refractivity contribution in [2.75, 3.05) is 7.05 Å². The number of aryl methyl sites for hydroxylation is 1. The molecule has 0 aliphatic carbocycles. The van der Waals surface area contributed by atoms with Crippen molar-refractivity contribution < 1.29 is 4.42 Å². The van der Waals surface area contributed by atoms with E-state index < -0.39 is 0 Å². The van der Waals surface area contributed by atoms with Gasteiger partial charge in [0.15, 0.2) is 0 Å². The van der Waals surface area contributed by atoms with Gasteiger partial charge in [0.05, 0.1) is 0 Å². The van der Waals surface area contributed by atoms with Crippen LogP contribution in [0.2, 0.25) is 0 Å². The SMILES string of the molecule is CN=C/C=C(\C=C(/C)c1c(C)ccc2c1oc1ncccc12)c1cccc(C(C)C)c1. The van der Waals surface area contributed by atoms with E-state index >= 15 is 0 Å². The molecule has 0 saturated heterocycles. The van der Waals surface area contributed by atoms with E-state index in [1.807, 2.05) is 12.3 Å². The van der Waals surface area contributed by atoms with Gasteiger partial charge in [0.1, 0.15) is 5.58 Å². The Morgan fingerprint density at radius 3 is 2.68 bits per heavy atom. The first-order valence-electron chi connectivity index (χ1n) is 10.7. The lowest BCUT2D eigenvalue weighted by molar-refractivity contribution is 0.652. The zero-order valence-electron chi connectivity index (χ0n) is 18.8. The van der Waals surface area contributed by atoms with Crippen molar-refractivity contribution in [3.63, 3.8) is 0 Å². The molecule has 0 atom stereocenters. The molecule has 4 rings (SSSR count). The van der Waals surface area contributed by atoms with Crippen LogP contribution in [0.1, 0.15) is 48.9 Å². The fourth-order valence-electron chi connectivity index (χ4n) is 4.03. The first-order chi connectivity index (χ1) is 15.0. The van der Waals surface area contributed by atoms with E-state index in [4.69, 9.17) is 4.42 Å². The maximum Gasteiger partial charge on any atom is 0.227 e. The summed E-state index contributed by atoms with van der Waals surface area (Å²) in [4.78, 5) is 8.59. The second-order valence-electron chi connectivity index (χ2n) is 8.23. The van der Waals surface area contributed by atoms with Crippen molar-refractivity contribution in [3.8, 4) is 0 Å². The molecule has 4 aromatic rings. The van der Waals surface area contributed by atoms with Gasteiger partial charge < -0.3 is 4.42 Å². The summed E-state index contributed by atoms with van der Waals surface area (Å²) < 4.78 is 6.21. The molecule has 3 nitrogen and oxygen atoms in total. The summed E-state index contributed by atoms with van der Waals surface area (Å²) in [6.45, 7) is 8.71. The van der Waals surface area contributed by atoms with Gasteiger partial charge in [-0.15, -0.1) is 0 Å². The predicted octanol–water partition coefficient (Wildman–Crippen LogP) is 7.60. The van der Waals surface area contributed by atoms with Gasteiger partial charge >= 0.3 is 0 Å². The number of hydrogen-bond acceptors (Lipinski definition) is 3. The number of allylic oxidation sites excluding steroid dienone is 4. The molecular weight excluding hydrogens is 380 g/mol. The summed E-state index contributed by atoms with van der Waals surface area (Å²) in [5.41, 5.74) is 8.64. The Morgan fingerprint density at radius 2 is 1.90 bits per heavy atom. The number of pyridine rings is 1. The van der Waals surface area contributed by atoms with E-state index in [-0.39, 0.29) is 0 Å². The topological polar surface area (TPSA) is 38.4 Å². The van der Waals surface area contributed by atoms with Gasteiger partial charge in [0, 0.05) is 35.8 Å². The molecule has 0 spiro atoms. The lowest BCUT2D eigenvalue weighted by Crippen LogP contribution is -1.92. The third kappa shape index (κ3) is 4.09. The van der Waals surface area contributed by atoms with Crippen molar-refractivity contribution in [1.82, 2.24) is 4.98 Å². The summed E-state index contributed by atoms with van der Waals surface area (Å²) in [7, 11) is 1.79. The van der Waals surface area contributed by atoms with Crippen LogP contribution in [-0.4, -0.2) is 18.2 Å². The normalized spacial score (nSPS) is 13.2. The van der Waals surface area contributed by atoms with Crippen molar-refractivity contribution in [2.45, 2.75) is 33.6 Å². The van der Waals surface area contributed by atoms with Crippen molar-refractivity contribution in [1.29, 1.82) is 0 Å². The number of fused-ring (bicyclic) bond motifs is 3. The second-order valence-corrected chi connectivity index (χ2v) is 8.23. The molecule has 0 aliphatic heterocycles. The Kier molecular flexibility index (Phi) is 5.85. The van der Waals surface area contributed by atoms with Crippen molar-refractivity contribution in [3.05, 3.63) is 89.1 Å². The largest absolute Gasteiger partial charge is 0.437 e. The maximum atomic E-state index is 6.21. The summed E-state index contributed by atoms with van der Waals surface area (Å²) in [6, 6.07) is 17.0. The molecule has 0 amide bonds. The van der Waals surface area contributed by atoms with Crippen LogP contribution in [-0.2, 0) is 0 Å². The number of aliphatic imine (C=N–C) groups is 1. The van der Waals surface area contributed by atoms with Gasteiger partial charge in [0.2, 0.25) is 5.71 Å². The summed E-state index contributed by atoms with van der Waals surface area (Å²) in [5.74, 6) is 0.477. The number of hydrogen-bond donors (Lipinski definition) is 0. The van der Waals surface area contributed by atoms with Gasteiger partial charge in [-0.25, -0.2) is 4.98 Å². The van der Waals surface area contributed by atoms with E-state index in [9.17, 15) is 0 Å². The van der Waals surface area contributed by atoms with Crippen molar-refractivity contribution in [2.24, 2.45) is 4.99 Å². The molecule has 0 unspecified atom stereocenters. The summed E-state index contributed by atoms with van der Waals surface area (Å²) in [6.07, 6.45) is 7.91. The molecule has 0 aliphatic rings. The standard InChI is InChI=1S/C28H28N2O/c1-18(2)21-8-6-9-22(17-21)23(13-15-29-5)16-20(4)26-19(3)11-12-24-25-10-7-14-30-28(25)31-27(24)26/h6-18H,1-5H3/b20-16+,23-13+,29-15?. The van der Waals surface area contributed by atoms with Crippen molar-refractivity contribution >= 4 is 39.4 Å². The number of rotatable bonds is 5. The van der Waals surface area contributed by atoms with Crippen LogP contribution in [0, 0.1) is 6.92 Å². The molecule has 156 valence electrons. The van der Waals surface area contributed by atoms with Crippen LogP contribution < -0.4 is 0 Å². The summed E-state index contributed by atoms with van der Waals surface area (Å²) >= 11 is 0. The predicted molar refractivity (Wildman–Crippen MR) is 133 cm³/mol. The van der Waals surface area contributed by atoms with Crippen LogP contribution >= 0.6 is 0 Å². The van der Waals surface area contributed by atoms with E-state index in [2.05, 4.69) is 92.3 Å². The fraction of sp³-hybridized carbons (Fsp3) is 0.214. The molecule has 0 radical (unpaired) electrons. The van der Waals surface area contributed by atoms with Crippen LogP contribution in [0.15, 0.2) is 76.3 Å². The first-order valence-corrected chi connectivity index (χ1v) is 10.7. The highest BCUT2D eigenvalue weighted by molar-refractivity contribution is 6.08. The first kappa shape index (κ1) is 20.8. The van der Waals surface area contributed by atoms with Crippen LogP contribution in [0.5, 0.6) is 0 Å². The minimum Gasteiger partial charge on any atom is -0.437 e. The van der Waals surface area contributed by atoms with Crippen LogP contribution in [0.3, 0.4) is 0 Å². The number of furan rings is 1. The molecule has 0 saturated carbocycles. The Balaban J connectivity index is 1.89. The highest BCUT2D eigenvalue weighted by atomic mass is 16.3. The van der Waals surface area contributed by atoms with Gasteiger partial charge in [-0.1, -0.05) is 56.3 Å². The zero-order chi connectivity index (χ0) is 22.0. The Bertz CT molecular complexity index is 1340. The van der Waals surface area contributed by atoms with Gasteiger partial charge in [0.25, 0.3) is 0 Å². The number of aromatic nitrogens is 1. The molecule has 0 fully saturated rings. The highest BCUT2D eigenvalue weighted by Crippen LogP contribution is 2.36. The highest BCUT2D eigenvalue weighted by Gasteiger charge is 2.15. The lowest BCUT2D eigenvalue weighted by Gasteiger charge is -2.11. The van der Waals surface area contributed by atoms with Crippen LogP contribution in [0.25, 0.3) is 33.2 Å². The average Bonchev–Trinajstić information content (AvgIpc) is 3.14. The number of nitrogens with zero attached hydrogens (tertiary/aromatic N) is 2. The quantitative estimate of drug-likeness (QED) is 0.252. The Hall–Kier alpha value is -3.46. The molecular formula is C28H28N2O. The fourth-order valence-corrected chi connectivity index (χ4v) is 4.03. The average molecular weight is 409 g/mol. The van der Waals surface area contributed by atoms with Gasteiger partial charge in [-0.3, -0.25) is 4.99 Å². The van der Waals surface area contributed by atoms with Crippen LogP contribution in [0.4, 0.5) is 0 Å². The second kappa shape index (κ2) is 8.73. The molecule has 2 aromatic heterocycles. The molecule has 2 heterocycles. The maximum absolute atomic E-state index is 6.21. The minimum absolute atomic E-state index is 0.477. The smallest absolute Gasteiger partial charge is 0.227 e. The zero-order valence-corrected chi connectivity index (χ0v) is 18.8. The van der Waals surface area contributed by atoms with E-state index in [1.54, 1.807) is 13.2 Å². The van der Waals surface area contributed by atoms with E-state index in [0.29, 0.717) is 11.6 Å². The minimum atomic E-state index is 0.477. The molecule has 0 N–H and O–H groups in total. The molecule has 31 heavy (non-hydrogen) atoms. The monoisotopic (exact) mass is 408 g/mol. The number of benzene rings is 2. The third-order valence-corrected chi connectivity index (χ3v) is 5.68. The van der Waals surface area contributed by atoms with Gasteiger partial charge in [-0.2, -0.15) is 0 Å². The Labute approximate surface area is 183 Å². The molecule has 3 heteroatoms. The summed E-state index contributed by atoms with van der Waals surface area (Å²) in [5, 5.41) is 2.14. The Morgan fingerprint density at radius 1 is 1.06 bits per heavy atom. The molecule has 0 bridgehead atoms. The molecule has 2 aromatic carbocycles. The lowest BCUT2D eigenvalue weighted by atomic mass is 9.93. The third-order valence-electron chi connectivity index (χ3n) is 5.68. The van der Waals surface area contributed by atoms with E-state index in [1.165, 1.54) is 16.7 Å². The van der Waals surface area contributed by atoms with E-state index in [0.717, 1.165) is 33.1 Å².